The lowest BCUT2D eigenvalue weighted by Gasteiger charge is -2.13. The summed E-state index contributed by atoms with van der Waals surface area (Å²) in [6, 6.07) is 3.10. The fraction of sp³-hybridized carbons (Fsp3) is 0.312. The Balaban J connectivity index is 2.21. The molecule has 0 saturated heterocycles. The lowest BCUT2D eigenvalue weighted by molar-refractivity contribution is -0.121. The second kappa shape index (κ2) is 8.04. The number of carbonyl (C=O) groups is 2. The van der Waals surface area contributed by atoms with Gasteiger partial charge < -0.3 is 24.8 Å². The highest BCUT2D eigenvalue weighted by atomic mass is 16.5. The fourth-order valence-electron chi connectivity index (χ4n) is 2.15. The first-order valence-electron chi connectivity index (χ1n) is 7.36. The molecule has 2 N–H and O–H groups in total. The van der Waals surface area contributed by atoms with Crippen LogP contribution < -0.4 is 24.8 Å². The number of aromatic nitrogens is 2. The summed E-state index contributed by atoms with van der Waals surface area (Å²) in [7, 11) is 5.98. The molecule has 0 bridgehead atoms. The molecule has 0 aliphatic rings. The molecule has 0 spiro atoms. The molecule has 1 aromatic heterocycles. The van der Waals surface area contributed by atoms with E-state index in [-0.39, 0.29) is 18.0 Å². The zero-order valence-electron chi connectivity index (χ0n) is 14.5. The molecule has 0 fully saturated rings. The third-order valence-electron chi connectivity index (χ3n) is 3.43. The average Bonchev–Trinajstić information content (AvgIpc) is 3.06. The van der Waals surface area contributed by atoms with Crippen molar-refractivity contribution < 1.29 is 23.8 Å². The first kappa shape index (κ1) is 18.1. The van der Waals surface area contributed by atoms with E-state index >= 15 is 0 Å². The highest BCUT2D eigenvalue weighted by Crippen LogP contribution is 2.34. The molecule has 0 saturated carbocycles. The first-order valence-corrected chi connectivity index (χ1v) is 7.36. The van der Waals surface area contributed by atoms with Crippen LogP contribution in [0.25, 0.3) is 0 Å². The molecule has 1 aromatic carbocycles. The number of amides is 2. The SMILES string of the molecule is CNC(=O)Cn1cc(NC(=O)c2cc(OC)c(OC)cc2OC)cn1. The summed E-state index contributed by atoms with van der Waals surface area (Å²) in [5, 5.41) is 9.22. The van der Waals surface area contributed by atoms with E-state index in [1.54, 1.807) is 12.3 Å². The van der Waals surface area contributed by atoms with Crippen LogP contribution in [-0.4, -0.2) is 50.0 Å². The summed E-state index contributed by atoms with van der Waals surface area (Å²) in [6.45, 7) is 0.0616. The Morgan fingerprint density at radius 3 is 2.32 bits per heavy atom. The van der Waals surface area contributed by atoms with Gasteiger partial charge in [0.1, 0.15) is 12.3 Å². The smallest absolute Gasteiger partial charge is 0.259 e. The number of hydrogen-bond donors (Lipinski definition) is 2. The lowest BCUT2D eigenvalue weighted by atomic mass is 10.1. The number of benzene rings is 1. The Hall–Kier alpha value is -3.23. The van der Waals surface area contributed by atoms with Crippen LogP contribution in [0.4, 0.5) is 5.69 Å². The van der Waals surface area contributed by atoms with Gasteiger partial charge in [-0.3, -0.25) is 14.3 Å². The summed E-state index contributed by atoms with van der Waals surface area (Å²) in [6.07, 6.45) is 3.01. The molecule has 25 heavy (non-hydrogen) atoms. The van der Waals surface area contributed by atoms with Gasteiger partial charge in [-0.1, -0.05) is 0 Å². The normalized spacial score (nSPS) is 10.1. The molecule has 0 aliphatic carbocycles. The zero-order valence-corrected chi connectivity index (χ0v) is 14.5. The van der Waals surface area contributed by atoms with Crippen molar-refractivity contribution in [2.24, 2.45) is 0 Å². The minimum Gasteiger partial charge on any atom is -0.496 e. The van der Waals surface area contributed by atoms with E-state index in [4.69, 9.17) is 14.2 Å². The van der Waals surface area contributed by atoms with E-state index < -0.39 is 5.91 Å². The predicted molar refractivity (Wildman–Crippen MR) is 90.3 cm³/mol. The van der Waals surface area contributed by atoms with Crippen LogP contribution in [0, 0.1) is 0 Å². The molecular formula is C16H20N4O5. The van der Waals surface area contributed by atoms with Gasteiger partial charge in [0, 0.05) is 25.4 Å². The highest BCUT2D eigenvalue weighted by Gasteiger charge is 2.18. The van der Waals surface area contributed by atoms with E-state index in [2.05, 4.69) is 15.7 Å². The maximum absolute atomic E-state index is 12.5. The van der Waals surface area contributed by atoms with Crippen molar-refractivity contribution in [3.05, 3.63) is 30.1 Å². The molecule has 2 amide bonds. The molecule has 0 radical (unpaired) electrons. The van der Waals surface area contributed by atoms with E-state index in [9.17, 15) is 9.59 Å². The second-order valence-electron chi connectivity index (χ2n) is 4.96. The van der Waals surface area contributed by atoms with Gasteiger partial charge in [-0.15, -0.1) is 0 Å². The monoisotopic (exact) mass is 348 g/mol. The topological polar surface area (TPSA) is 104 Å². The van der Waals surface area contributed by atoms with Gasteiger partial charge in [0.15, 0.2) is 11.5 Å². The number of nitrogens with zero attached hydrogens (tertiary/aromatic N) is 2. The number of likely N-dealkylation sites (N-methyl/N-ethyl adjacent to an activating group) is 1. The summed E-state index contributed by atoms with van der Waals surface area (Å²) < 4.78 is 17.1. The third kappa shape index (κ3) is 4.19. The number of anilines is 1. The zero-order chi connectivity index (χ0) is 18.4. The van der Waals surface area contributed by atoms with Crippen molar-refractivity contribution in [3.63, 3.8) is 0 Å². The maximum Gasteiger partial charge on any atom is 0.259 e. The van der Waals surface area contributed by atoms with Crippen LogP contribution in [-0.2, 0) is 11.3 Å². The molecule has 0 atom stereocenters. The maximum atomic E-state index is 12.5. The van der Waals surface area contributed by atoms with Gasteiger partial charge in [-0.25, -0.2) is 0 Å². The molecule has 2 aromatic rings. The quantitative estimate of drug-likeness (QED) is 0.771. The number of nitrogens with one attached hydrogen (secondary N) is 2. The number of carbonyl (C=O) groups excluding carboxylic acids is 2. The molecule has 0 unspecified atom stereocenters. The van der Waals surface area contributed by atoms with Gasteiger partial charge in [-0.2, -0.15) is 5.10 Å². The van der Waals surface area contributed by atoms with Crippen LogP contribution in [0.1, 0.15) is 10.4 Å². The van der Waals surface area contributed by atoms with E-state index in [1.807, 2.05) is 0 Å². The van der Waals surface area contributed by atoms with Crippen LogP contribution in [0.2, 0.25) is 0 Å². The van der Waals surface area contributed by atoms with Crippen LogP contribution in [0.15, 0.2) is 24.5 Å². The van der Waals surface area contributed by atoms with Gasteiger partial charge in [-0.05, 0) is 0 Å². The highest BCUT2D eigenvalue weighted by molar-refractivity contribution is 6.06. The van der Waals surface area contributed by atoms with E-state index in [0.29, 0.717) is 22.9 Å². The Bertz CT molecular complexity index is 772. The van der Waals surface area contributed by atoms with Crippen molar-refractivity contribution in [2.75, 3.05) is 33.7 Å². The van der Waals surface area contributed by atoms with Gasteiger partial charge in [0.2, 0.25) is 5.91 Å². The Labute approximate surface area is 144 Å². The number of hydrogen-bond acceptors (Lipinski definition) is 6. The molecule has 0 aliphatic heterocycles. The number of methoxy groups -OCH3 is 3. The van der Waals surface area contributed by atoms with Crippen molar-refractivity contribution in [1.29, 1.82) is 0 Å². The van der Waals surface area contributed by atoms with Gasteiger partial charge in [0.05, 0.1) is 38.8 Å². The lowest BCUT2D eigenvalue weighted by Crippen LogP contribution is -2.23. The van der Waals surface area contributed by atoms with Crippen LogP contribution >= 0.6 is 0 Å². The van der Waals surface area contributed by atoms with Crippen molar-refractivity contribution >= 4 is 17.5 Å². The number of rotatable bonds is 7. The molecule has 134 valence electrons. The molecule has 2 rings (SSSR count). The third-order valence-corrected chi connectivity index (χ3v) is 3.43. The molecule has 9 heteroatoms. The molecule has 9 nitrogen and oxygen atoms in total. The minimum absolute atomic E-state index is 0.0616. The Morgan fingerprint density at radius 1 is 1.08 bits per heavy atom. The minimum atomic E-state index is -0.405. The standard InChI is InChI=1S/C16H20N4O5/c1-17-15(21)9-20-8-10(7-18-20)19-16(22)11-5-13(24-3)14(25-4)6-12(11)23-2/h5-8H,9H2,1-4H3,(H,17,21)(H,19,22). The summed E-state index contributed by atoms with van der Waals surface area (Å²) in [4.78, 5) is 23.9. The average molecular weight is 348 g/mol. The van der Waals surface area contributed by atoms with E-state index in [0.717, 1.165) is 0 Å². The second-order valence-corrected chi connectivity index (χ2v) is 4.96. The molecule has 1 heterocycles. The Morgan fingerprint density at radius 2 is 1.72 bits per heavy atom. The van der Waals surface area contributed by atoms with Crippen molar-refractivity contribution in [1.82, 2.24) is 15.1 Å². The fourth-order valence-corrected chi connectivity index (χ4v) is 2.15. The van der Waals surface area contributed by atoms with Crippen LogP contribution in [0.3, 0.4) is 0 Å². The van der Waals surface area contributed by atoms with Gasteiger partial charge in [0.25, 0.3) is 5.91 Å². The largest absolute Gasteiger partial charge is 0.496 e. The summed E-state index contributed by atoms with van der Waals surface area (Å²) in [5.74, 6) is 0.603. The predicted octanol–water partition coefficient (Wildman–Crippen LogP) is 0.907. The van der Waals surface area contributed by atoms with Crippen molar-refractivity contribution in [2.45, 2.75) is 6.54 Å². The van der Waals surface area contributed by atoms with Crippen LogP contribution in [0.5, 0.6) is 17.2 Å². The first-order chi connectivity index (χ1) is 12.0. The summed E-state index contributed by atoms with van der Waals surface area (Å²) >= 11 is 0. The van der Waals surface area contributed by atoms with Gasteiger partial charge >= 0.3 is 0 Å². The Kier molecular flexibility index (Phi) is 5.83. The molecular weight excluding hydrogens is 328 g/mol. The van der Waals surface area contributed by atoms with E-state index in [1.165, 1.54) is 45.3 Å². The van der Waals surface area contributed by atoms with Crippen molar-refractivity contribution in [3.8, 4) is 17.2 Å². The number of ether oxygens (including phenoxy) is 3. The summed E-state index contributed by atoms with van der Waals surface area (Å²) in [5.41, 5.74) is 0.727.